The molecule has 19 heavy (non-hydrogen) atoms. The normalized spacial score (nSPS) is 18.2. The minimum atomic E-state index is -3.58. The molecule has 1 aliphatic rings. The molecule has 0 spiro atoms. The molecule has 1 fully saturated rings. The third-order valence-electron chi connectivity index (χ3n) is 3.11. The molecule has 102 valence electrons. The smallest absolute Gasteiger partial charge is 0.207 e. The Morgan fingerprint density at radius 3 is 2.16 bits per heavy atom. The van der Waals surface area contributed by atoms with Crippen molar-refractivity contribution < 1.29 is 8.42 Å². The summed E-state index contributed by atoms with van der Waals surface area (Å²) in [5.41, 5.74) is 0. The van der Waals surface area contributed by atoms with E-state index in [1.54, 1.807) is 0 Å². The topological polar surface area (TPSA) is 61.2 Å². The zero-order chi connectivity index (χ0) is 14.0. The number of halogens is 2. The van der Waals surface area contributed by atoms with Crippen LogP contribution in [0.1, 0.15) is 12.8 Å². The van der Waals surface area contributed by atoms with E-state index in [9.17, 15) is 8.42 Å². The summed E-state index contributed by atoms with van der Waals surface area (Å²) in [4.78, 5) is 0.0976. The molecule has 2 rings (SSSR count). The fourth-order valence-electron chi connectivity index (χ4n) is 2.05. The van der Waals surface area contributed by atoms with E-state index in [4.69, 9.17) is 28.5 Å². The van der Waals surface area contributed by atoms with E-state index < -0.39 is 10.0 Å². The summed E-state index contributed by atoms with van der Waals surface area (Å²) in [7, 11) is -3.58. The van der Waals surface area contributed by atoms with Crippen LogP contribution in [0.5, 0.6) is 0 Å². The summed E-state index contributed by atoms with van der Waals surface area (Å²) in [6.45, 7) is 0.704. The third kappa shape index (κ3) is 3.21. The molecule has 0 amide bonds. The van der Waals surface area contributed by atoms with Crippen molar-refractivity contribution in [3.63, 3.8) is 0 Å². The van der Waals surface area contributed by atoms with Gasteiger partial charge in [0.2, 0.25) is 10.0 Å². The molecule has 0 unspecified atom stereocenters. The number of nitriles is 1. The van der Waals surface area contributed by atoms with E-state index >= 15 is 0 Å². The Labute approximate surface area is 122 Å². The number of benzene rings is 1. The molecule has 0 bridgehead atoms. The van der Waals surface area contributed by atoms with Gasteiger partial charge in [0, 0.05) is 29.1 Å². The molecule has 0 saturated carbocycles. The summed E-state index contributed by atoms with van der Waals surface area (Å²) in [6, 6.07) is 6.44. The fourth-order valence-corrected chi connectivity index (χ4v) is 4.25. The van der Waals surface area contributed by atoms with Crippen molar-refractivity contribution in [3.8, 4) is 6.07 Å². The Bertz CT molecular complexity index is 597. The maximum absolute atomic E-state index is 12.4. The highest BCUT2D eigenvalue weighted by Crippen LogP contribution is 2.27. The van der Waals surface area contributed by atoms with E-state index in [2.05, 4.69) is 6.07 Å². The average Bonchev–Trinajstić information content (AvgIpc) is 2.37. The first-order valence-electron chi connectivity index (χ1n) is 5.79. The molecule has 1 aliphatic heterocycles. The first-order valence-corrected chi connectivity index (χ1v) is 7.99. The van der Waals surface area contributed by atoms with Gasteiger partial charge in [0.1, 0.15) is 0 Å². The Morgan fingerprint density at radius 1 is 1.16 bits per heavy atom. The van der Waals surface area contributed by atoms with Crippen LogP contribution in [0.3, 0.4) is 0 Å². The molecule has 1 aromatic carbocycles. The molecule has 7 heteroatoms. The molecule has 1 heterocycles. The second-order valence-corrected chi connectivity index (χ2v) is 7.22. The van der Waals surface area contributed by atoms with Crippen LogP contribution in [0.25, 0.3) is 0 Å². The van der Waals surface area contributed by atoms with Gasteiger partial charge in [0.25, 0.3) is 0 Å². The van der Waals surface area contributed by atoms with Crippen LogP contribution >= 0.6 is 23.2 Å². The van der Waals surface area contributed by atoms with Gasteiger partial charge in [0.15, 0.2) is 0 Å². The van der Waals surface area contributed by atoms with Crippen molar-refractivity contribution in [1.29, 1.82) is 5.26 Å². The molecule has 0 N–H and O–H groups in total. The van der Waals surface area contributed by atoms with Gasteiger partial charge in [-0.25, -0.2) is 8.42 Å². The molecule has 4 nitrogen and oxygen atoms in total. The Balaban J connectivity index is 2.26. The van der Waals surface area contributed by atoms with Crippen molar-refractivity contribution in [1.82, 2.24) is 4.31 Å². The molecule has 0 aliphatic carbocycles. The predicted molar refractivity (Wildman–Crippen MR) is 73.6 cm³/mol. The standard InChI is InChI=1S/C12H12Cl2N2O2S/c13-10-5-11(14)7-12(6-10)19(17,18)16-3-1-9(8-15)2-4-16/h5-7,9H,1-4H2. The molecule has 1 saturated heterocycles. The second kappa shape index (κ2) is 5.68. The van der Waals surface area contributed by atoms with Crippen molar-refractivity contribution in [2.24, 2.45) is 5.92 Å². The second-order valence-electron chi connectivity index (χ2n) is 4.41. The average molecular weight is 319 g/mol. The first kappa shape index (κ1) is 14.6. The van der Waals surface area contributed by atoms with Gasteiger partial charge in [0.05, 0.1) is 11.0 Å². The predicted octanol–water partition coefficient (Wildman–Crippen LogP) is 2.92. The SMILES string of the molecule is N#CC1CCN(S(=O)(=O)c2cc(Cl)cc(Cl)c2)CC1. The summed E-state index contributed by atoms with van der Waals surface area (Å²) >= 11 is 11.7. The third-order valence-corrected chi connectivity index (χ3v) is 5.42. The van der Waals surface area contributed by atoms with Crippen LogP contribution in [0.2, 0.25) is 10.0 Å². The number of sulfonamides is 1. The Kier molecular flexibility index (Phi) is 4.36. The van der Waals surface area contributed by atoms with Gasteiger partial charge in [-0.3, -0.25) is 0 Å². The van der Waals surface area contributed by atoms with Crippen molar-refractivity contribution in [2.75, 3.05) is 13.1 Å². The van der Waals surface area contributed by atoms with Crippen LogP contribution in [-0.4, -0.2) is 25.8 Å². The Hall–Kier alpha value is -0.800. The van der Waals surface area contributed by atoms with E-state index in [0.717, 1.165) is 0 Å². The minimum absolute atomic E-state index is 0.0607. The van der Waals surface area contributed by atoms with E-state index in [1.807, 2.05) is 0 Å². The quantitative estimate of drug-likeness (QED) is 0.842. The molecule has 0 radical (unpaired) electrons. The highest BCUT2D eigenvalue weighted by Gasteiger charge is 2.29. The summed E-state index contributed by atoms with van der Waals surface area (Å²) in [5, 5.41) is 9.40. The van der Waals surface area contributed by atoms with Crippen LogP contribution in [-0.2, 0) is 10.0 Å². The lowest BCUT2D eigenvalue weighted by Crippen LogP contribution is -2.38. The summed E-state index contributed by atoms with van der Waals surface area (Å²) in [5.74, 6) is -0.0607. The first-order chi connectivity index (χ1) is 8.93. The number of hydrogen-bond acceptors (Lipinski definition) is 3. The highest BCUT2D eigenvalue weighted by molar-refractivity contribution is 7.89. The molecular weight excluding hydrogens is 307 g/mol. The largest absolute Gasteiger partial charge is 0.243 e. The van der Waals surface area contributed by atoms with Crippen LogP contribution in [0, 0.1) is 17.2 Å². The maximum atomic E-state index is 12.4. The van der Waals surface area contributed by atoms with Crippen LogP contribution in [0.4, 0.5) is 0 Å². The van der Waals surface area contributed by atoms with Gasteiger partial charge in [-0.1, -0.05) is 23.2 Å². The monoisotopic (exact) mass is 318 g/mol. The lowest BCUT2D eigenvalue weighted by molar-refractivity contribution is 0.310. The molecule has 0 aromatic heterocycles. The highest BCUT2D eigenvalue weighted by atomic mass is 35.5. The van der Waals surface area contributed by atoms with E-state index in [-0.39, 0.29) is 20.9 Å². The number of rotatable bonds is 2. The number of nitrogens with zero attached hydrogens (tertiary/aromatic N) is 2. The van der Waals surface area contributed by atoms with Gasteiger partial charge in [-0.15, -0.1) is 0 Å². The van der Waals surface area contributed by atoms with Crippen LogP contribution in [0.15, 0.2) is 23.1 Å². The lowest BCUT2D eigenvalue weighted by Gasteiger charge is -2.28. The lowest BCUT2D eigenvalue weighted by atomic mass is 10.0. The van der Waals surface area contributed by atoms with E-state index in [0.29, 0.717) is 25.9 Å². The molecular formula is C12H12Cl2N2O2S. The zero-order valence-corrected chi connectivity index (χ0v) is 12.3. The maximum Gasteiger partial charge on any atom is 0.243 e. The molecule has 0 atom stereocenters. The summed E-state index contributed by atoms with van der Waals surface area (Å²) < 4.78 is 26.2. The van der Waals surface area contributed by atoms with Gasteiger partial charge >= 0.3 is 0 Å². The number of piperidine rings is 1. The number of hydrogen-bond donors (Lipinski definition) is 0. The zero-order valence-electron chi connectivity index (χ0n) is 10.0. The van der Waals surface area contributed by atoms with Crippen molar-refractivity contribution in [2.45, 2.75) is 17.7 Å². The van der Waals surface area contributed by atoms with Gasteiger partial charge in [-0.2, -0.15) is 9.57 Å². The Morgan fingerprint density at radius 2 is 1.68 bits per heavy atom. The van der Waals surface area contributed by atoms with Gasteiger partial charge in [-0.05, 0) is 31.0 Å². The summed E-state index contributed by atoms with van der Waals surface area (Å²) in [6.07, 6.45) is 1.12. The fraction of sp³-hybridized carbons (Fsp3) is 0.417. The van der Waals surface area contributed by atoms with Crippen LogP contribution < -0.4 is 0 Å². The molecule has 1 aromatic rings. The minimum Gasteiger partial charge on any atom is -0.207 e. The van der Waals surface area contributed by atoms with Crippen molar-refractivity contribution >= 4 is 33.2 Å². The van der Waals surface area contributed by atoms with E-state index in [1.165, 1.54) is 22.5 Å². The van der Waals surface area contributed by atoms with Gasteiger partial charge < -0.3 is 0 Å². The van der Waals surface area contributed by atoms with Crippen molar-refractivity contribution in [3.05, 3.63) is 28.2 Å².